The predicted molar refractivity (Wildman–Crippen MR) is 108 cm³/mol. The zero-order valence-corrected chi connectivity index (χ0v) is 17.5. The first-order chi connectivity index (χ1) is 14.2. The fourth-order valence-corrected chi connectivity index (χ4v) is 3.32. The molecule has 0 unspecified atom stereocenters. The smallest absolute Gasteiger partial charge is 0.303 e. The molecule has 0 aromatic carbocycles. The minimum Gasteiger partial charge on any atom is -0.377 e. The van der Waals surface area contributed by atoms with Gasteiger partial charge in [0.2, 0.25) is 11.7 Å². The molecule has 158 valence electrons. The molecule has 0 saturated heterocycles. The molecule has 0 fully saturated rings. The van der Waals surface area contributed by atoms with Crippen molar-refractivity contribution in [3.63, 3.8) is 0 Å². The summed E-state index contributed by atoms with van der Waals surface area (Å²) in [5, 5.41) is 15.0. The van der Waals surface area contributed by atoms with Crippen LogP contribution in [0.2, 0.25) is 0 Å². The lowest BCUT2D eigenvalue weighted by atomic mass is 10.2. The molecule has 3 rings (SSSR count). The first kappa shape index (κ1) is 21.6. The predicted octanol–water partition coefficient (Wildman–Crippen LogP) is 3.66. The van der Waals surface area contributed by atoms with Crippen molar-refractivity contribution < 1.29 is 18.3 Å². The number of rotatable bonds is 7. The van der Waals surface area contributed by atoms with Gasteiger partial charge in [0.1, 0.15) is 16.6 Å². The normalized spacial score (nSPS) is 11.4. The Labute approximate surface area is 175 Å². The van der Waals surface area contributed by atoms with Crippen LogP contribution in [0, 0.1) is 6.92 Å². The number of amides is 1. The van der Waals surface area contributed by atoms with E-state index >= 15 is 0 Å². The molecule has 0 spiro atoms. The minimum atomic E-state index is -3.20. The molecule has 3 heterocycles. The van der Waals surface area contributed by atoms with Gasteiger partial charge in [0.25, 0.3) is 0 Å². The quantitative estimate of drug-likeness (QED) is 0.578. The fraction of sp³-hybridized carbons (Fsp3) is 0.333. The monoisotopic (exact) mass is 435 g/mol. The highest BCUT2D eigenvalue weighted by Gasteiger charge is 2.29. The van der Waals surface area contributed by atoms with E-state index in [1.807, 2.05) is 0 Å². The summed E-state index contributed by atoms with van der Waals surface area (Å²) in [5.41, 5.74) is 1.39. The molecule has 0 aliphatic heterocycles. The third kappa shape index (κ3) is 5.27. The second-order valence-electron chi connectivity index (χ2n) is 6.46. The van der Waals surface area contributed by atoms with Gasteiger partial charge in [-0.05, 0) is 6.92 Å². The summed E-state index contributed by atoms with van der Waals surface area (Å²) in [4.78, 5) is 23.3. The average molecular weight is 435 g/mol. The number of methoxy groups -OCH3 is 1. The van der Waals surface area contributed by atoms with E-state index in [1.165, 1.54) is 30.5 Å². The van der Waals surface area contributed by atoms with Crippen LogP contribution in [0.4, 0.5) is 26.1 Å². The van der Waals surface area contributed by atoms with Crippen LogP contribution in [-0.2, 0) is 22.1 Å². The van der Waals surface area contributed by atoms with Crippen LogP contribution in [0.25, 0.3) is 10.6 Å². The first-order valence-corrected chi connectivity index (χ1v) is 9.57. The molecule has 0 aliphatic rings. The van der Waals surface area contributed by atoms with Gasteiger partial charge in [0.15, 0.2) is 5.01 Å². The van der Waals surface area contributed by atoms with Crippen LogP contribution >= 0.6 is 11.3 Å². The molecular weight excluding hydrogens is 416 g/mol. The first-order valence-electron chi connectivity index (χ1n) is 8.76. The van der Waals surface area contributed by atoms with Crippen LogP contribution in [0.1, 0.15) is 30.4 Å². The molecule has 0 bridgehead atoms. The molecule has 12 heteroatoms. The van der Waals surface area contributed by atoms with Gasteiger partial charge >= 0.3 is 5.92 Å². The summed E-state index contributed by atoms with van der Waals surface area (Å²) in [6, 6.07) is 3.10. The number of aryl methyl sites for hydroxylation is 1. The van der Waals surface area contributed by atoms with Crippen LogP contribution in [0.5, 0.6) is 0 Å². The van der Waals surface area contributed by atoms with E-state index in [0.717, 1.165) is 6.92 Å². The van der Waals surface area contributed by atoms with Gasteiger partial charge in [0.05, 0.1) is 17.9 Å². The zero-order valence-electron chi connectivity index (χ0n) is 16.7. The maximum absolute atomic E-state index is 13.7. The second-order valence-corrected chi connectivity index (χ2v) is 7.52. The third-order valence-electron chi connectivity index (χ3n) is 3.68. The summed E-state index contributed by atoms with van der Waals surface area (Å²) in [5.74, 6) is -3.64. The number of hydrogen-bond donors (Lipinski definition) is 2. The number of halogens is 2. The zero-order chi connectivity index (χ0) is 21.9. The Kier molecular flexibility index (Phi) is 6.27. The van der Waals surface area contributed by atoms with Gasteiger partial charge < -0.3 is 15.4 Å². The van der Waals surface area contributed by atoms with Crippen molar-refractivity contribution in [2.75, 3.05) is 17.7 Å². The number of nitrogens with one attached hydrogen (secondary N) is 2. The van der Waals surface area contributed by atoms with E-state index in [0.29, 0.717) is 33.6 Å². The molecule has 30 heavy (non-hydrogen) atoms. The largest absolute Gasteiger partial charge is 0.377 e. The summed E-state index contributed by atoms with van der Waals surface area (Å²) in [7, 11) is 1.55. The van der Waals surface area contributed by atoms with Gasteiger partial charge in [-0.3, -0.25) is 4.79 Å². The highest BCUT2D eigenvalue weighted by Crippen LogP contribution is 2.34. The number of hydrogen-bond acceptors (Lipinski definition) is 9. The minimum absolute atomic E-state index is 0.168. The summed E-state index contributed by atoms with van der Waals surface area (Å²) < 4.78 is 32.5. The van der Waals surface area contributed by atoms with Crippen molar-refractivity contribution in [3.05, 3.63) is 34.9 Å². The Morgan fingerprint density at radius 3 is 2.67 bits per heavy atom. The van der Waals surface area contributed by atoms with Crippen molar-refractivity contribution in [1.82, 2.24) is 25.1 Å². The number of anilines is 3. The van der Waals surface area contributed by atoms with Crippen molar-refractivity contribution >= 4 is 34.6 Å². The summed E-state index contributed by atoms with van der Waals surface area (Å²) in [6.45, 7) is 3.99. The Morgan fingerprint density at radius 2 is 2.00 bits per heavy atom. The highest BCUT2D eigenvalue weighted by molar-refractivity contribution is 7.14. The maximum Gasteiger partial charge on any atom is 0.303 e. The van der Waals surface area contributed by atoms with Gasteiger partial charge in [-0.15, -0.1) is 10.2 Å². The number of ether oxygens (including phenoxy) is 1. The fourth-order valence-electron chi connectivity index (χ4n) is 2.49. The Morgan fingerprint density at radius 1 is 1.23 bits per heavy atom. The molecular formula is C18H19F2N7O2S. The standard InChI is InChI=1S/C18H19F2N7O2S/c1-9-5-14(25-17(22-9)18(3,19)20)24-12-6-13(23-10(2)28)21-7-11(12)16-27-26-15(30-16)8-29-4/h5-7H,8H2,1-4H3,(H2,21,22,23,24,25,28). The lowest BCUT2D eigenvalue weighted by molar-refractivity contribution is -0.114. The molecule has 0 saturated carbocycles. The van der Waals surface area contributed by atoms with Crippen molar-refractivity contribution in [3.8, 4) is 10.6 Å². The van der Waals surface area contributed by atoms with E-state index in [2.05, 4.69) is 35.8 Å². The maximum atomic E-state index is 13.7. The molecule has 1 amide bonds. The lowest BCUT2D eigenvalue weighted by Crippen LogP contribution is -2.14. The van der Waals surface area contributed by atoms with Gasteiger partial charge in [-0.1, -0.05) is 11.3 Å². The molecule has 0 aliphatic carbocycles. The summed E-state index contributed by atoms with van der Waals surface area (Å²) in [6.07, 6.45) is 1.51. The molecule has 0 atom stereocenters. The van der Waals surface area contributed by atoms with E-state index in [1.54, 1.807) is 20.1 Å². The second kappa shape index (κ2) is 8.71. The van der Waals surface area contributed by atoms with E-state index in [-0.39, 0.29) is 17.5 Å². The Balaban J connectivity index is 2.04. The lowest BCUT2D eigenvalue weighted by Gasteiger charge is -2.14. The molecule has 3 aromatic heterocycles. The number of pyridine rings is 1. The average Bonchev–Trinajstić information content (AvgIpc) is 3.09. The number of nitrogens with zero attached hydrogens (tertiary/aromatic N) is 5. The van der Waals surface area contributed by atoms with E-state index in [4.69, 9.17) is 4.74 Å². The SMILES string of the molecule is COCc1nnc(-c2cnc(NC(C)=O)cc2Nc2cc(C)nc(C(C)(F)F)n2)s1. The van der Waals surface area contributed by atoms with E-state index in [9.17, 15) is 13.6 Å². The Hall–Kier alpha value is -3.12. The number of carbonyl (C=O) groups is 1. The molecule has 0 radical (unpaired) electrons. The number of carbonyl (C=O) groups excluding carboxylic acids is 1. The van der Waals surface area contributed by atoms with Crippen molar-refractivity contribution in [2.45, 2.75) is 33.3 Å². The molecule has 9 nitrogen and oxygen atoms in total. The van der Waals surface area contributed by atoms with Crippen molar-refractivity contribution in [1.29, 1.82) is 0 Å². The number of aromatic nitrogens is 5. The van der Waals surface area contributed by atoms with Gasteiger partial charge in [-0.2, -0.15) is 8.78 Å². The van der Waals surface area contributed by atoms with Crippen LogP contribution in [0.3, 0.4) is 0 Å². The van der Waals surface area contributed by atoms with E-state index < -0.39 is 11.7 Å². The topological polar surface area (TPSA) is 115 Å². The van der Waals surface area contributed by atoms with Crippen LogP contribution in [0.15, 0.2) is 18.3 Å². The van der Waals surface area contributed by atoms with Crippen LogP contribution in [-0.4, -0.2) is 38.2 Å². The highest BCUT2D eigenvalue weighted by atomic mass is 32.1. The third-order valence-corrected chi connectivity index (χ3v) is 4.61. The van der Waals surface area contributed by atoms with Crippen molar-refractivity contribution in [2.24, 2.45) is 0 Å². The Bertz CT molecular complexity index is 1070. The molecule has 2 N–H and O–H groups in total. The summed E-state index contributed by atoms with van der Waals surface area (Å²) >= 11 is 1.30. The molecule has 3 aromatic rings. The number of alkyl halides is 2. The van der Waals surface area contributed by atoms with Gasteiger partial charge in [-0.25, -0.2) is 15.0 Å². The van der Waals surface area contributed by atoms with Gasteiger partial charge in [0, 0.05) is 45.0 Å². The van der Waals surface area contributed by atoms with Crippen LogP contribution < -0.4 is 10.6 Å².